The molecular weight excluding hydrogens is 486 g/mol. The van der Waals surface area contributed by atoms with Crippen molar-refractivity contribution in [2.45, 2.75) is 6.92 Å². The SMILES string of the molecule is CCOc1ccc([P+](c2ccccc2)(c2ccccc2)c2ccccc2)cc1.[I-]. The summed E-state index contributed by atoms with van der Waals surface area (Å²) in [6.07, 6.45) is 0. The molecule has 0 bridgehead atoms. The first-order valence-corrected chi connectivity index (χ1v) is 11.4. The Kier molecular flexibility index (Phi) is 7.46. The van der Waals surface area contributed by atoms with Crippen LogP contribution in [0, 0.1) is 0 Å². The third kappa shape index (κ3) is 4.24. The molecule has 4 aromatic rings. The molecule has 0 fully saturated rings. The molecule has 29 heavy (non-hydrogen) atoms. The van der Waals surface area contributed by atoms with E-state index < -0.39 is 7.26 Å². The van der Waals surface area contributed by atoms with Crippen molar-refractivity contribution in [3.8, 4) is 5.75 Å². The fourth-order valence-electron chi connectivity index (χ4n) is 3.78. The summed E-state index contributed by atoms with van der Waals surface area (Å²) in [5.41, 5.74) is 0. The number of benzene rings is 4. The molecule has 0 saturated carbocycles. The molecule has 0 N–H and O–H groups in total. The number of halogens is 1. The van der Waals surface area contributed by atoms with Crippen LogP contribution in [0.2, 0.25) is 0 Å². The van der Waals surface area contributed by atoms with E-state index in [0.717, 1.165) is 5.75 Å². The van der Waals surface area contributed by atoms with Crippen LogP contribution < -0.4 is 49.9 Å². The second-order valence-corrected chi connectivity index (χ2v) is 10.0. The zero-order valence-corrected chi connectivity index (χ0v) is 19.5. The van der Waals surface area contributed by atoms with E-state index in [1.54, 1.807) is 0 Å². The third-order valence-corrected chi connectivity index (χ3v) is 9.26. The van der Waals surface area contributed by atoms with Crippen molar-refractivity contribution >= 4 is 28.5 Å². The van der Waals surface area contributed by atoms with Crippen molar-refractivity contribution in [1.82, 2.24) is 0 Å². The van der Waals surface area contributed by atoms with Gasteiger partial charge < -0.3 is 28.7 Å². The standard InChI is InChI=1S/C26H24OP.HI/c1-2-27-22-18-20-26(21-19-22)28(23-12-6-3-7-13-23,24-14-8-4-9-15-24)25-16-10-5-11-17-25;/h3-21H,2H2,1H3;1H/q+1;/p-1. The molecule has 0 saturated heterocycles. The van der Waals surface area contributed by atoms with Gasteiger partial charge in [0.05, 0.1) is 6.61 Å². The summed E-state index contributed by atoms with van der Waals surface area (Å²) < 4.78 is 5.70. The molecule has 0 aliphatic rings. The molecule has 0 radical (unpaired) electrons. The summed E-state index contributed by atoms with van der Waals surface area (Å²) >= 11 is 0. The van der Waals surface area contributed by atoms with Crippen molar-refractivity contribution in [2.75, 3.05) is 6.61 Å². The first-order valence-electron chi connectivity index (χ1n) is 9.65. The van der Waals surface area contributed by atoms with Crippen LogP contribution in [0.3, 0.4) is 0 Å². The van der Waals surface area contributed by atoms with Crippen LogP contribution in [0.5, 0.6) is 5.75 Å². The summed E-state index contributed by atoms with van der Waals surface area (Å²) in [7, 11) is -2.00. The minimum absolute atomic E-state index is 0. The molecule has 146 valence electrons. The molecule has 1 nitrogen and oxygen atoms in total. The number of hydrogen-bond donors (Lipinski definition) is 0. The minimum atomic E-state index is -2.00. The predicted octanol–water partition coefficient (Wildman–Crippen LogP) is 1.71. The lowest BCUT2D eigenvalue weighted by atomic mass is 10.3. The van der Waals surface area contributed by atoms with Gasteiger partial charge in [-0.15, -0.1) is 0 Å². The van der Waals surface area contributed by atoms with Crippen molar-refractivity contribution in [1.29, 1.82) is 0 Å². The lowest BCUT2D eigenvalue weighted by Gasteiger charge is -2.27. The summed E-state index contributed by atoms with van der Waals surface area (Å²) in [5, 5.41) is 5.41. The molecule has 0 spiro atoms. The van der Waals surface area contributed by atoms with E-state index in [-0.39, 0.29) is 24.0 Å². The highest BCUT2D eigenvalue weighted by Gasteiger charge is 2.47. The number of ether oxygens (including phenoxy) is 1. The monoisotopic (exact) mass is 510 g/mol. The Morgan fingerprint density at radius 1 is 0.517 bits per heavy atom. The quantitative estimate of drug-likeness (QED) is 0.284. The lowest BCUT2D eigenvalue weighted by molar-refractivity contribution is -0.00000595. The van der Waals surface area contributed by atoms with Crippen LogP contribution in [-0.4, -0.2) is 6.61 Å². The van der Waals surface area contributed by atoms with Crippen LogP contribution in [0.15, 0.2) is 115 Å². The zero-order valence-electron chi connectivity index (χ0n) is 16.4. The molecule has 0 amide bonds. The first-order chi connectivity index (χ1) is 13.9. The molecule has 0 heterocycles. The minimum Gasteiger partial charge on any atom is -1.00 e. The fraction of sp³-hybridized carbons (Fsp3) is 0.0769. The molecule has 4 aromatic carbocycles. The summed E-state index contributed by atoms with van der Waals surface area (Å²) in [4.78, 5) is 0. The zero-order chi connectivity index (χ0) is 19.2. The molecule has 4 rings (SSSR count). The average Bonchev–Trinajstić information content (AvgIpc) is 2.78. The van der Waals surface area contributed by atoms with Gasteiger partial charge >= 0.3 is 0 Å². The Balaban J connectivity index is 0.00000240. The average molecular weight is 510 g/mol. The van der Waals surface area contributed by atoms with Gasteiger partial charge in [-0.05, 0) is 67.6 Å². The Labute approximate surface area is 191 Å². The van der Waals surface area contributed by atoms with Gasteiger partial charge in [-0.1, -0.05) is 54.6 Å². The Morgan fingerprint density at radius 2 is 0.862 bits per heavy atom. The highest BCUT2D eigenvalue weighted by Crippen LogP contribution is 2.54. The van der Waals surface area contributed by atoms with Crippen LogP contribution >= 0.6 is 7.26 Å². The summed E-state index contributed by atoms with van der Waals surface area (Å²) in [6.45, 7) is 2.69. The van der Waals surface area contributed by atoms with Gasteiger partial charge in [0.1, 0.15) is 34.2 Å². The molecule has 0 aliphatic heterocycles. The lowest BCUT2D eigenvalue weighted by Crippen LogP contribution is -3.00. The van der Waals surface area contributed by atoms with Crippen molar-refractivity contribution in [2.24, 2.45) is 0 Å². The second-order valence-electron chi connectivity index (χ2n) is 6.60. The largest absolute Gasteiger partial charge is 1.00 e. The Morgan fingerprint density at radius 3 is 1.21 bits per heavy atom. The van der Waals surface area contributed by atoms with E-state index in [1.807, 2.05) is 6.92 Å². The number of hydrogen-bond acceptors (Lipinski definition) is 1. The van der Waals surface area contributed by atoms with Crippen LogP contribution in [0.4, 0.5) is 0 Å². The predicted molar refractivity (Wildman–Crippen MR) is 122 cm³/mol. The van der Waals surface area contributed by atoms with Crippen LogP contribution in [0.25, 0.3) is 0 Å². The van der Waals surface area contributed by atoms with Gasteiger partial charge in [0.2, 0.25) is 0 Å². The summed E-state index contributed by atoms with van der Waals surface area (Å²) in [5.74, 6) is 0.915. The second kappa shape index (κ2) is 10.0. The van der Waals surface area contributed by atoms with E-state index in [0.29, 0.717) is 6.61 Å². The van der Waals surface area contributed by atoms with E-state index in [9.17, 15) is 0 Å². The van der Waals surface area contributed by atoms with Crippen molar-refractivity contribution in [3.63, 3.8) is 0 Å². The topological polar surface area (TPSA) is 9.23 Å². The third-order valence-electron chi connectivity index (χ3n) is 4.97. The van der Waals surface area contributed by atoms with Gasteiger partial charge in [0, 0.05) is 0 Å². The van der Waals surface area contributed by atoms with Gasteiger partial charge in [0.25, 0.3) is 0 Å². The maximum atomic E-state index is 5.70. The molecule has 0 atom stereocenters. The smallest absolute Gasteiger partial charge is 0.144 e. The molecular formula is C26H24IOP. The van der Waals surface area contributed by atoms with Crippen LogP contribution in [0.1, 0.15) is 6.92 Å². The maximum Gasteiger partial charge on any atom is 0.144 e. The van der Waals surface area contributed by atoms with E-state index in [2.05, 4.69) is 115 Å². The van der Waals surface area contributed by atoms with Crippen molar-refractivity contribution in [3.05, 3.63) is 115 Å². The van der Waals surface area contributed by atoms with Crippen molar-refractivity contribution < 1.29 is 28.7 Å². The summed E-state index contributed by atoms with van der Waals surface area (Å²) in [6, 6.07) is 41.4. The molecule has 0 unspecified atom stereocenters. The Bertz CT molecular complexity index is 906. The van der Waals surface area contributed by atoms with E-state index in [4.69, 9.17) is 4.74 Å². The highest BCUT2D eigenvalue weighted by atomic mass is 127. The van der Waals surface area contributed by atoms with Gasteiger partial charge in [0.15, 0.2) is 0 Å². The highest BCUT2D eigenvalue weighted by molar-refractivity contribution is 8.01. The van der Waals surface area contributed by atoms with E-state index >= 15 is 0 Å². The van der Waals surface area contributed by atoms with Gasteiger partial charge in [-0.2, -0.15) is 0 Å². The molecule has 3 heteroatoms. The molecule has 0 aliphatic carbocycles. The van der Waals surface area contributed by atoms with Gasteiger partial charge in [-0.25, -0.2) is 0 Å². The first kappa shape index (κ1) is 21.5. The molecule has 0 aromatic heterocycles. The van der Waals surface area contributed by atoms with Crippen LogP contribution in [-0.2, 0) is 0 Å². The number of rotatable bonds is 6. The van der Waals surface area contributed by atoms with Gasteiger partial charge in [-0.3, -0.25) is 0 Å². The normalized spacial score (nSPS) is 10.8. The van der Waals surface area contributed by atoms with E-state index in [1.165, 1.54) is 21.2 Å². The Hall–Kier alpha value is -2.16. The maximum absolute atomic E-state index is 5.70. The fourth-order valence-corrected chi connectivity index (χ4v) is 8.03.